The lowest BCUT2D eigenvalue weighted by molar-refractivity contribution is -0.0167. The van der Waals surface area contributed by atoms with Gasteiger partial charge < -0.3 is 15.4 Å². The van der Waals surface area contributed by atoms with Crippen molar-refractivity contribution in [1.82, 2.24) is 14.9 Å². The number of amides is 1. The average molecular weight is 272 g/mol. The molecule has 6 nitrogen and oxygen atoms in total. The second-order valence-electron chi connectivity index (χ2n) is 4.74. The molecule has 1 aromatic heterocycles. The molecular formula is C14H16N4O2. The highest BCUT2D eigenvalue weighted by Gasteiger charge is 2.24. The second-order valence-corrected chi connectivity index (χ2v) is 4.74. The summed E-state index contributed by atoms with van der Waals surface area (Å²) in [6.45, 7) is 2.08. The maximum absolute atomic E-state index is 12.5. The van der Waals surface area contributed by atoms with Crippen LogP contribution in [0.15, 0.2) is 30.6 Å². The van der Waals surface area contributed by atoms with Crippen LogP contribution in [0.2, 0.25) is 0 Å². The Balaban J connectivity index is 1.84. The largest absolute Gasteiger partial charge is 0.373 e. The van der Waals surface area contributed by atoms with Crippen molar-refractivity contribution < 1.29 is 9.53 Å². The molecule has 0 spiro atoms. The van der Waals surface area contributed by atoms with Gasteiger partial charge in [0.1, 0.15) is 0 Å². The minimum absolute atomic E-state index is 0.0145. The molecule has 1 atom stereocenters. The fourth-order valence-corrected chi connectivity index (χ4v) is 2.33. The Morgan fingerprint density at radius 2 is 2.15 bits per heavy atom. The lowest BCUT2D eigenvalue weighted by Crippen LogP contribution is -2.48. The maximum Gasteiger partial charge on any atom is 0.254 e. The van der Waals surface area contributed by atoms with Gasteiger partial charge in [0, 0.05) is 37.6 Å². The predicted octanol–water partition coefficient (Wildman–Crippen LogP) is 0.429. The van der Waals surface area contributed by atoms with Crippen molar-refractivity contribution in [2.45, 2.75) is 6.10 Å². The maximum atomic E-state index is 12.5. The molecule has 1 aliphatic rings. The van der Waals surface area contributed by atoms with Crippen molar-refractivity contribution >= 4 is 16.9 Å². The summed E-state index contributed by atoms with van der Waals surface area (Å²) in [5.74, 6) is -0.0145. The van der Waals surface area contributed by atoms with E-state index in [1.54, 1.807) is 29.4 Å². The molecule has 2 N–H and O–H groups in total. The van der Waals surface area contributed by atoms with E-state index in [2.05, 4.69) is 9.97 Å². The van der Waals surface area contributed by atoms with Crippen molar-refractivity contribution in [3.8, 4) is 0 Å². The SMILES string of the molecule is NCC1CN(C(=O)c2ccc3nccnc3c2)CCO1. The fraction of sp³-hybridized carbons (Fsp3) is 0.357. The fourth-order valence-electron chi connectivity index (χ4n) is 2.33. The van der Waals surface area contributed by atoms with Crippen molar-refractivity contribution in [3.63, 3.8) is 0 Å². The van der Waals surface area contributed by atoms with Crippen molar-refractivity contribution in [2.24, 2.45) is 5.73 Å². The van der Waals surface area contributed by atoms with Crippen LogP contribution in [0, 0.1) is 0 Å². The van der Waals surface area contributed by atoms with Crippen LogP contribution < -0.4 is 5.73 Å². The molecule has 1 fully saturated rings. The molecule has 2 heterocycles. The average Bonchev–Trinajstić information content (AvgIpc) is 2.53. The molecule has 1 saturated heterocycles. The highest BCUT2D eigenvalue weighted by molar-refractivity contribution is 5.97. The van der Waals surface area contributed by atoms with Gasteiger partial charge in [-0.1, -0.05) is 0 Å². The summed E-state index contributed by atoms with van der Waals surface area (Å²) >= 11 is 0. The number of rotatable bonds is 2. The summed E-state index contributed by atoms with van der Waals surface area (Å²) in [6.07, 6.45) is 3.18. The molecule has 20 heavy (non-hydrogen) atoms. The normalized spacial score (nSPS) is 19.2. The van der Waals surface area contributed by atoms with E-state index in [1.165, 1.54) is 0 Å². The Bertz CT molecular complexity index is 631. The van der Waals surface area contributed by atoms with E-state index in [4.69, 9.17) is 10.5 Å². The molecule has 0 bridgehead atoms. The molecule has 1 unspecified atom stereocenters. The van der Waals surface area contributed by atoms with E-state index in [0.29, 0.717) is 31.8 Å². The minimum Gasteiger partial charge on any atom is -0.373 e. The zero-order chi connectivity index (χ0) is 13.9. The molecule has 1 amide bonds. The zero-order valence-electron chi connectivity index (χ0n) is 11.0. The third-order valence-electron chi connectivity index (χ3n) is 3.41. The van der Waals surface area contributed by atoms with Gasteiger partial charge in [0.25, 0.3) is 5.91 Å². The van der Waals surface area contributed by atoms with Crippen molar-refractivity contribution in [1.29, 1.82) is 0 Å². The van der Waals surface area contributed by atoms with Crippen molar-refractivity contribution in [3.05, 3.63) is 36.2 Å². The van der Waals surface area contributed by atoms with Gasteiger partial charge in [-0.15, -0.1) is 0 Å². The first-order valence-corrected chi connectivity index (χ1v) is 6.59. The molecule has 1 aliphatic heterocycles. The minimum atomic E-state index is -0.0760. The molecule has 0 radical (unpaired) electrons. The van der Waals surface area contributed by atoms with Crippen LogP contribution in [-0.4, -0.2) is 53.1 Å². The van der Waals surface area contributed by atoms with Crippen LogP contribution in [0.1, 0.15) is 10.4 Å². The zero-order valence-corrected chi connectivity index (χ0v) is 11.0. The van der Waals surface area contributed by atoms with Crippen LogP contribution in [0.25, 0.3) is 11.0 Å². The Kier molecular flexibility index (Phi) is 3.58. The summed E-state index contributed by atoms with van der Waals surface area (Å²) in [5, 5.41) is 0. The number of benzene rings is 1. The molecule has 1 aromatic carbocycles. The number of fused-ring (bicyclic) bond motifs is 1. The van der Waals surface area contributed by atoms with Gasteiger partial charge in [0.2, 0.25) is 0 Å². The Labute approximate surface area is 116 Å². The van der Waals surface area contributed by atoms with E-state index in [0.717, 1.165) is 11.0 Å². The third-order valence-corrected chi connectivity index (χ3v) is 3.41. The monoisotopic (exact) mass is 272 g/mol. The summed E-state index contributed by atoms with van der Waals surface area (Å²) in [5.41, 5.74) is 7.73. The number of nitrogens with two attached hydrogens (primary N) is 1. The van der Waals surface area contributed by atoms with Gasteiger partial charge in [-0.25, -0.2) is 0 Å². The van der Waals surface area contributed by atoms with Crippen molar-refractivity contribution in [2.75, 3.05) is 26.2 Å². The Morgan fingerprint density at radius 1 is 1.35 bits per heavy atom. The van der Waals surface area contributed by atoms with E-state index in [-0.39, 0.29) is 12.0 Å². The molecule has 3 rings (SSSR count). The van der Waals surface area contributed by atoms with E-state index < -0.39 is 0 Å². The molecule has 2 aromatic rings. The molecule has 0 saturated carbocycles. The highest BCUT2D eigenvalue weighted by atomic mass is 16.5. The van der Waals surface area contributed by atoms with Gasteiger partial charge in [-0.2, -0.15) is 0 Å². The Morgan fingerprint density at radius 3 is 2.95 bits per heavy atom. The number of morpholine rings is 1. The number of nitrogens with zero attached hydrogens (tertiary/aromatic N) is 3. The smallest absolute Gasteiger partial charge is 0.254 e. The summed E-state index contributed by atoms with van der Waals surface area (Å²) in [6, 6.07) is 5.38. The highest BCUT2D eigenvalue weighted by Crippen LogP contribution is 2.14. The Hall–Kier alpha value is -2.05. The second kappa shape index (κ2) is 5.52. The summed E-state index contributed by atoms with van der Waals surface area (Å²) < 4.78 is 5.47. The molecule has 104 valence electrons. The lowest BCUT2D eigenvalue weighted by Gasteiger charge is -2.32. The summed E-state index contributed by atoms with van der Waals surface area (Å²) in [7, 11) is 0. The van der Waals surface area contributed by atoms with E-state index in [1.807, 2.05) is 6.07 Å². The van der Waals surface area contributed by atoms with Crippen LogP contribution in [0.5, 0.6) is 0 Å². The predicted molar refractivity (Wildman–Crippen MR) is 74.2 cm³/mol. The van der Waals surface area contributed by atoms with Gasteiger partial charge in [-0.05, 0) is 18.2 Å². The number of carbonyl (C=O) groups is 1. The lowest BCUT2D eigenvalue weighted by atomic mass is 10.1. The first-order chi connectivity index (χ1) is 9.78. The third kappa shape index (κ3) is 2.48. The van der Waals surface area contributed by atoms with E-state index >= 15 is 0 Å². The number of aromatic nitrogens is 2. The number of hydrogen-bond acceptors (Lipinski definition) is 5. The topological polar surface area (TPSA) is 81.3 Å². The number of ether oxygens (including phenoxy) is 1. The van der Waals surface area contributed by atoms with Crippen LogP contribution in [0.4, 0.5) is 0 Å². The van der Waals surface area contributed by atoms with Gasteiger partial charge in [0.15, 0.2) is 0 Å². The quantitative estimate of drug-likeness (QED) is 0.857. The number of carbonyl (C=O) groups excluding carboxylic acids is 1. The first-order valence-electron chi connectivity index (χ1n) is 6.59. The molecule has 6 heteroatoms. The summed E-state index contributed by atoms with van der Waals surface area (Å²) in [4.78, 5) is 22.7. The molecule has 0 aliphatic carbocycles. The van der Waals surface area contributed by atoms with Gasteiger partial charge >= 0.3 is 0 Å². The van der Waals surface area contributed by atoms with E-state index in [9.17, 15) is 4.79 Å². The molecular weight excluding hydrogens is 256 g/mol. The van der Waals surface area contributed by atoms with Crippen LogP contribution in [-0.2, 0) is 4.74 Å². The van der Waals surface area contributed by atoms with Crippen LogP contribution in [0.3, 0.4) is 0 Å². The first kappa shape index (κ1) is 13.0. The van der Waals surface area contributed by atoms with Gasteiger partial charge in [0.05, 0.1) is 23.7 Å². The van der Waals surface area contributed by atoms with Crippen LogP contribution >= 0.6 is 0 Å². The standard InChI is InChI=1S/C14H16N4O2/c15-8-11-9-18(5-6-20-11)14(19)10-1-2-12-13(7-10)17-4-3-16-12/h1-4,7,11H,5-6,8-9,15H2. The number of hydrogen-bond donors (Lipinski definition) is 1. The van der Waals surface area contributed by atoms with Gasteiger partial charge in [-0.3, -0.25) is 14.8 Å².